The Morgan fingerprint density at radius 2 is 1.54 bits per heavy atom. The molecule has 0 unspecified atom stereocenters. The van der Waals surface area contributed by atoms with Crippen LogP contribution < -0.4 is 4.74 Å². The Kier molecular flexibility index (Phi) is 3.81. The van der Waals surface area contributed by atoms with Crippen LogP contribution in [-0.2, 0) is 0 Å². The zero-order valence-corrected chi connectivity index (χ0v) is 13.5. The van der Waals surface area contributed by atoms with Crippen LogP contribution in [0.1, 0.15) is 10.4 Å². The van der Waals surface area contributed by atoms with E-state index in [2.05, 4.69) is 4.98 Å². The van der Waals surface area contributed by atoms with Gasteiger partial charge in [-0.15, -0.1) is 11.3 Å². The van der Waals surface area contributed by atoms with Gasteiger partial charge in [-0.2, -0.15) is 0 Å². The second-order valence-corrected chi connectivity index (χ2v) is 6.27. The normalized spacial score (nSPS) is 10.7. The van der Waals surface area contributed by atoms with E-state index < -0.39 is 0 Å². The number of carbonyl (C=O) groups is 1. The Morgan fingerprint density at radius 1 is 0.833 bits per heavy atom. The van der Waals surface area contributed by atoms with Crippen molar-refractivity contribution in [3.63, 3.8) is 0 Å². The highest BCUT2D eigenvalue weighted by Crippen LogP contribution is 2.35. The summed E-state index contributed by atoms with van der Waals surface area (Å²) in [5.74, 6) is 0.148. The molecule has 0 fully saturated rings. The molecule has 0 atom stereocenters. The van der Waals surface area contributed by atoms with E-state index in [1.54, 1.807) is 29.5 Å². The van der Waals surface area contributed by atoms with E-state index in [1.165, 1.54) is 0 Å². The van der Waals surface area contributed by atoms with Gasteiger partial charge in [0.25, 0.3) is 0 Å². The van der Waals surface area contributed by atoms with Crippen LogP contribution in [0.3, 0.4) is 0 Å². The topological polar surface area (TPSA) is 39.2 Å². The van der Waals surface area contributed by atoms with E-state index in [4.69, 9.17) is 4.74 Å². The number of rotatable bonds is 3. The Hall–Kier alpha value is -2.98. The molecule has 4 heteroatoms. The number of carbonyl (C=O) groups excluding carboxylic acids is 1. The average Bonchev–Trinajstić information content (AvgIpc) is 3.07. The molecule has 3 aromatic carbocycles. The predicted octanol–water partition coefficient (Wildman–Crippen LogP) is 5.18. The van der Waals surface area contributed by atoms with Gasteiger partial charge in [0, 0.05) is 0 Å². The van der Waals surface area contributed by atoms with Crippen molar-refractivity contribution in [3.05, 3.63) is 84.4 Å². The quantitative estimate of drug-likeness (QED) is 0.383. The lowest BCUT2D eigenvalue weighted by molar-refractivity contribution is 0.0735. The van der Waals surface area contributed by atoms with E-state index in [0.29, 0.717) is 11.3 Å². The number of esters is 1. The Morgan fingerprint density at radius 3 is 2.38 bits per heavy atom. The molecule has 0 bridgehead atoms. The first-order valence-corrected chi connectivity index (χ1v) is 8.35. The van der Waals surface area contributed by atoms with Crippen molar-refractivity contribution in [3.8, 4) is 16.3 Å². The van der Waals surface area contributed by atoms with Gasteiger partial charge in [0.1, 0.15) is 10.8 Å². The molecule has 0 aliphatic rings. The van der Waals surface area contributed by atoms with Crippen molar-refractivity contribution in [1.82, 2.24) is 4.98 Å². The third-order valence-electron chi connectivity index (χ3n) is 3.62. The van der Waals surface area contributed by atoms with Gasteiger partial charge >= 0.3 is 5.97 Å². The molecule has 0 saturated carbocycles. The van der Waals surface area contributed by atoms with Crippen molar-refractivity contribution in [2.45, 2.75) is 0 Å². The maximum absolute atomic E-state index is 12.3. The summed E-state index contributed by atoms with van der Waals surface area (Å²) in [4.78, 5) is 17.0. The van der Waals surface area contributed by atoms with Crippen molar-refractivity contribution in [1.29, 1.82) is 0 Å². The van der Waals surface area contributed by atoms with Gasteiger partial charge in [-0.3, -0.25) is 0 Å². The third kappa shape index (κ3) is 2.79. The molecule has 0 aliphatic heterocycles. The molecule has 0 saturated heterocycles. The highest BCUT2D eigenvalue weighted by atomic mass is 32.1. The summed E-state index contributed by atoms with van der Waals surface area (Å²) >= 11 is 1.59. The summed E-state index contributed by atoms with van der Waals surface area (Å²) in [6.07, 6.45) is 0. The summed E-state index contributed by atoms with van der Waals surface area (Å²) in [7, 11) is 0. The number of para-hydroxylation sites is 2. The van der Waals surface area contributed by atoms with Crippen molar-refractivity contribution in [2.75, 3.05) is 0 Å². The second-order valence-electron chi connectivity index (χ2n) is 5.24. The first kappa shape index (κ1) is 14.6. The van der Waals surface area contributed by atoms with Crippen molar-refractivity contribution in [2.24, 2.45) is 0 Å². The van der Waals surface area contributed by atoms with Crippen LogP contribution in [-0.4, -0.2) is 11.0 Å². The molecule has 3 nitrogen and oxygen atoms in total. The maximum Gasteiger partial charge on any atom is 0.343 e. The third-order valence-corrected chi connectivity index (χ3v) is 4.69. The predicted molar refractivity (Wildman–Crippen MR) is 96.5 cm³/mol. The van der Waals surface area contributed by atoms with Crippen LogP contribution in [0.2, 0.25) is 0 Å². The molecular weight excluding hydrogens is 318 g/mol. The molecule has 0 amide bonds. The number of ether oxygens (including phenoxy) is 1. The van der Waals surface area contributed by atoms with Crippen LogP contribution in [0, 0.1) is 0 Å². The molecule has 0 N–H and O–H groups in total. The van der Waals surface area contributed by atoms with E-state index in [9.17, 15) is 4.79 Å². The van der Waals surface area contributed by atoms with Gasteiger partial charge in [0.2, 0.25) is 0 Å². The minimum atomic E-state index is -0.371. The van der Waals surface area contributed by atoms with Crippen LogP contribution in [0.4, 0.5) is 0 Å². The molecule has 4 aromatic rings. The summed E-state index contributed by atoms with van der Waals surface area (Å²) in [6, 6.07) is 24.4. The van der Waals surface area contributed by atoms with Crippen LogP contribution >= 0.6 is 11.3 Å². The second kappa shape index (κ2) is 6.26. The summed E-state index contributed by atoms with van der Waals surface area (Å²) in [5, 5.41) is 0.840. The molecule has 4 rings (SSSR count). The minimum absolute atomic E-state index is 0.371. The number of hydrogen-bond donors (Lipinski definition) is 0. The summed E-state index contributed by atoms with van der Waals surface area (Å²) in [6.45, 7) is 0. The molecular formula is C20H13NO2S. The average molecular weight is 331 g/mol. The van der Waals surface area contributed by atoms with Gasteiger partial charge in [0.15, 0.2) is 0 Å². The number of thiazole rings is 1. The molecule has 0 aliphatic carbocycles. The van der Waals surface area contributed by atoms with Crippen molar-refractivity contribution >= 4 is 27.5 Å². The van der Waals surface area contributed by atoms with Crippen LogP contribution in [0.5, 0.6) is 5.75 Å². The van der Waals surface area contributed by atoms with Gasteiger partial charge in [-0.1, -0.05) is 42.5 Å². The molecule has 1 heterocycles. The monoisotopic (exact) mass is 331 g/mol. The Labute approximate surface area is 143 Å². The van der Waals surface area contributed by atoms with Crippen molar-refractivity contribution < 1.29 is 9.53 Å². The van der Waals surface area contributed by atoms with Gasteiger partial charge in [0.05, 0.1) is 21.3 Å². The van der Waals surface area contributed by atoms with E-state index in [1.807, 2.05) is 60.7 Å². The molecule has 1 aromatic heterocycles. The highest BCUT2D eigenvalue weighted by Gasteiger charge is 2.15. The molecule has 24 heavy (non-hydrogen) atoms. The number of nitrogens with zero attached hydrogens (tertiary/aromatic N) is 1. The maximum atomic E-state index is 12.3. The fourth-order valence-electron chi connectivity index (χ4n) is 2.45. The van der Waals surface area contributed by atoms with Gasteiger partial charge in [-0.05, 0) is 36.4 Å². The molecule has 116 valence electrons. The number of hydrogen-bond acceptors (Lipinski definition) is 4. The first-order valence-electron chi connectivity index (χ1n) is 7.53. The fourth-order valence-corrected chi connectivity index (χ4v) is 3.45. The zero-order chi connectivity index (χ0) is 16.4. The minimum Gasteiger partial charge on any atom is -0.422 e. The van der Waals surface area contributed by atoms with Gasteiger partial charge in [-0.25, -0.2) is 9.78 Å². The number of fused-ring (bicyclic) bond motifs is 1. The summed E-state index contributed by atoms with van der Waals surface area (Å²) in [5.41, 5.74) is 2.29. The SMILES string of the molecule is O=C(Oc1ccccc1-c1nc2ccccc2s1)c1ccccc1. The standard InChI is InChI=1S/C20H13NO2S/c22-20(14-8-2-1-3-9-14)23-17-12-6-4-10-15(17)19-21-16-11-5-7-13-18(16)24-19/h1-13H. The smallest absolute Gasteiger partial charge is 0.343 e. The molecule has 0 spiro atoms. The van der Waals surface area contributed by atoms with E-state index in [-0.39, 0.29) is 5.97 Å². The first-order chi connectivity index (χ1) is 11.8. The Balaban J connectivity index is 1.71. The van der Waals surface area contributed by atoms with E-state index >= 15 is 0 Å². The lowest BCUT2D eigenvalue weighted by Gasteiger charge is -2.08. The van der Waals surface area contributed by atoms with Crippen LogP contribution in [0.25, 0.3) is 20.8 Å². The lowest BCUT2D eigenvalue weighted by atomic mass is 10.2. The molecule has 0 radical (unpaired) electrons. The Bertz CT molecular complexity index is 975. The number of aromatic nitrogens is 1. The fraction of sp³-hybridized carbons (Fsp3) is 0. The zero-order valence-electron chi connectivity index (χ0n) is 12.7. The number of benzene rings is 3. The van der Waals surface area contributed by atoms with E-state index in [0.717, 1.165) is 20.8 Å². The summed E-state index contributed by atoms with van der Waals surface area (Å²) < 4.78 is 6.72. The lowest BCUT2D eigenvalue weighted by Crippen LogP contribution is -2.08. The van der Waals surface area contributed by atoms with Gasteiger partial charge < -0.3 is 4.74 Å². The highest BCUT2D eigenvalue weighted by molar-refractivity contribution is 7.21. The largest absolute Gasteiger partial charge is 0.422 e. The van der Waals surface area contributed by atoms with Crippen LogP contribution in [0.15, 0.2) is 78.9 Å².